The molecule has 0 bridgehead atoms. The minimum atomic E-state index is -0.0616. The van der Waals surface area contributed by atoms with E-state index in [1.807, 2.05) is 30.3 Å². The standard InChI is InChI=1S/C20H18N4O2S2/c1-12-3-8-16-17(9-12)28-20(23-16)14-4-6-15(7-5-14)22-19(25)11-27-10-18-21-13(2)26-24-18/h3-9H,10-11H2,1-2H3,(H,22,25). The molecule has 2 aromatic heterocycles. The molecule has 0 aliphatic carbocycles. The van der Waals surface area contributed by atoms with Gasteiger partial charge in [-0.1, -0.05) is 11.2 Å². The highest BCUT2D eigenvalue weighted by Crippen LogP contribution is 2.31. The van der Waals surface area contributed by atoms with Crippen LogP contribution in [0.1, 0.15) is 17.3 Å². The van der Waals surface area contributed by atoms with E-state index in [2.05, 4.69) is 34.5 Å². The zero-order valence-electron chi connectivity index (χ0n) is 15.4. The molecule has 0 radical (unpaired) electrons. The van der Waals surface area contributed by atoms with Crippen LogP contribution in [0.4, 0.5) is 5.69 Å². The molecule has 0 aliphatic rings. The van der Waals surface area contributed by atoms with Crippen LogP contribution in [-0.2, 0) is 10.5 Å². The zero-order valence-corrected chi connectivity index (χ0v) is 17.1. The van der Waals surface area contributed by atoms with Gasteiger partial charge in [-0.3, -0.25) is 4.79 Å². The van der Waals surface area contributed by atoms with Crippen molar-refractivity contribution < 1.29 is 9.32 Å². The van der Waals surface area contributed by atoms with Gasteiger partial charge in [-0.05, 0) is 48.9 Å². The lowest BCUT2D eigenvalue weighted by Crippen LogP contribution is -2.14. The Morgan fingerprint density at radius 3 is 2.71 bits per heavy atom. The Morgan fingerprint density at radius 1 is 1.14 bits per heavy atom. The van der Waals surface area contributed by atoms with Crippen LogP contribution in [0.3, 0.4) is 0 Å². The third-order valence-corrected chi connectivity index (χ3v) is 5.99. The van der Waals surface area contributed by atoms with Gasteiger partial charge in [0, 0.05) is 18.2 Å². The lowest BCUT2D eigenvalue weighted by atomic mass is 10.2. The molecule has 2 heterocycles. The molecule has 0 saturated carbocycles. The molecular formula is C20H18N4O2S2. The van der Waals surface area contributed by atoms with Crippen molar-refractivity contribution in [3.63, 3.8) is 0 Å². The molecule has 4 rings (SSSR count). The lowest BCUT2D eigenvalue weighted by molar-refractivity contribution is -0.113. The lowest BCUT2D eigenvalue weighted by Gasteiger charge is -2.05. The van der Waals surface area contributed by atoms with Gasteiger partial charge in [-0.15, -0.1) is 23.1 Å². The minimum Gasteiger partial charge on any atom is -0.340 e. The van der Waals surface area contributed by atoms with E-state index in [0.717, 1.165) is 21.8 Å². The highest BCUT2D eigenvalue weighted by molar-refractivity contribution is 7.99. The Kier molecular flexibility index (Phi) is 5.40. The van der Waals surface area contributed by atoms with E-state index in [1.165, 1.54) is 22.0 Å². The van der Waals surface area contributed by atoms with Crippen molar-refractivity contribution in [1.29, 1.82) is 0 Å². The first kappa shape index (κ1) is 18.6. The summed E-state index contributed by atoms with van der Waals surface area (Å²) in [4.78, 5) is 20.9. The summed E-state index contributed by atoms with van der Waals surface area (Å²) >= 11 is 3.12. The van der Waals surface area contributed by atoms with E-state index in [-0.39, 0.29) is 5.91 Å². The fraction of sp³-hybridized carbons (Fsp3) is 0.200. The normalized spacial score (nSPS) is 11.1. The van der Waals surface area contributed by atoms with Crippen molar-refractivity contribution in [1.82, 2.24) is 15.1 Å². The molecule has 0 unspecified atom stereocenters. The Labute approximate surface area is 170 Å². The molecule has 8 heteroatoms. The molecule has 0 spiro atoms. The quantitative estimate of drug-likeness (QED) is 0.490. The molecule has 0 atom stereocenters. The van der Waals surface area contributed by atoms with E-state index in [1.54, 1.807) is 18.3 Å². The second-order valence-corrected chi connectivity index (χ2v) is 8.35. The van der Waals surface area contributed by atoms with Crippen molar-refractivity contribution in [3.8, 4) is 10.6 Å². The summed E-state index contributed by atoms with van der Waals surface area (Å²) in [5, 5.41) is 7.69. The van der Waals surface area contributed by atoms with Crippen molar-refractivity contribution in [2.45, 2.75) is 19.6 Å². The van der Waals surface area contributed by atoms with Crippen molar-refractivity contribution in [3.05, 3.63) is 59.7 Å². The second kappa shape index (κ2) is 8.12. The van der Waals surface area contributed by atoms with Crippen molar-refractivity contribution >= 4 is 44.9 Å². The van der Waals surface area contributed by atoms with Crippen LogP contribution in [0.5, 0.6) is 0 Å². The number of thiazole rings is 1. The molecular weight excluding hydrogens is 392 g/mol. The molecule has 4 aromatic rings. The molecule has 0 saturated heterocycles. The zero-order chi connectivity index (χ0) is 19.5. The predicted octanol–water partition coefficient (Wildman–Crippen LogP) is 4.84. The number of amides is 1. The number of thioether (sulfide) groups is 1. The number of nitrogens with one attached hydrogen (secondary N) is 1. The van der Waals surface area contributed by atoms with Crippen LogP contribution in [0.25, 0.3) is 20.8 Å². The van der Waals surface area contributed by atoms with E-state index < -0.39 is 0 Å². The van der Waals surface area contributed by atoms with Gasteiger partial charge in [0.25, 0.3) is 0 Å². The number of fused-ring (bicyclic) bond motifs is 1. The van der Waals surface area contributed by atoms with Crippen LogP contribution in [0.2, 0.25) is 0 Å². The minimum absolute atomic E-state index is 0.0616. The van der Waals surface area contributed by atoms with Gasteiger partial charge in [-0.2, -0.15) is 4.98 Å². The van der Waals surface area contributed by atoms with Gasteiger partial charge in [-0.25, -0.2) is 4.98 Å². The first-order valence-corrected chi connectivity index (χ1v) is 10.7. The van der Waals surface area contributed by atoms with Crippen molar-refractivity contribution in [2.75, 3.05) is 11.1 Å². The largest absolute Gasteiger partial charge is 0.340 e. The Hall–Kier alpha value is -2.71. The summed E-state index contributed by atoms with van der Waals surface area (Å²) in [6.07, 6.45) is 0. The summed E-state index contributed by atoms with van der Waals surface area (Å²) in [5.74, 6) is 1.94. The first-order valence-electron chi connectivity index (χ1n) is 8.71. The van der Waals surface area contributed by atoms with Gasteiger partial charge in [0.1, 0.15) is 5.01 Å². The van der Waals surface area contributed by atoms with Crippen LogP contribution in [-0.4, -0.2) is 26.8 Å². The average molecular weight is 411 g/mol. The monoisotopic (exact) mass is 410 g/mol. The summed E-state index contributed by atoms with van der Waals surface area (Å²) in [6.45, 7) is 3.82. The third kappa shape index (κ3) is 4.40. The Morgan fingerprint density at radius 2 is 1.96 bits per heavy atom. The van der Waals surface area contributed by atoms with Crippen LogP contribution >= 0.6 is 23.1 Å². The summed E-state index contributed by atoms with van der Waals surface area (Å²) in [6, 6.07) is 14.0. The number of nitrogens with zero attached hydrogens (tertiary/aromatic N) is 3. The topological polar surface area (TPSA) is 80.9 Å². The number of hydrogen-bond acceptors (Lipinski definition) is 7. The molecule has 142 valence electrons. The maximum atomic E-state index is 12.1. The maximum Gasteiger partial charge on any atom is 0.234 e. The smallest absolute Gasteiger partial charge is 0.234 e. The van der Waals surface area contributed by atoms with Crippen molar-refractivity contribution in [2.24, 2.45) is 0 Å². The number of benzene rings is 2. The number of rotatable bonds is 6. The first-order chi connectivity index (χ1) is 13.6. The fourth-order valence-electron chi connectivity index (χ4n) is 2.68. The summed E-state index contributed by atoms with van der Waals surface area (Å²) in [5.41, 5.74) is 4.05. The summed E-state index contributed by atoms with van der Waals surface area (Å²) in [7, 11) is 0. The van der Waals surface area contributed by atoms with Crippen LogP contribution in [0, 0.1) is 13.8 Å². The number of carbonyl (C=O) groups is 1. The van der Waals surface area contributed by atoms with E-state index in [4.69, 9.17) is 9.51 Å². The van der Waals surface area contributed by atoms with E-state index >= 15 is 0 Å². The van der Waals surface area contributed by atoms with Gasteiger partial charge in [0.05, 0.1) is 21.7 Å². The molecule has 6 nitrogen and oxygen atoms in total. The number of anilines is 1. The molecule has 28 heavy (non-hydrogen) atoms. The maximum absolute atomic E-state index is 12.1. The molecule has 1 N–H and O–H groups in total. The number of aromatic nitrogens is 3. The molecule has 2 aromatic carbocycles. The highest BCUT2D eigenvalue weighted by Gasteiger charge is 2.09. The SMILES string of the molecule is Cc1ccc2nc(-c3ccc(NC(=O)CSCc4noc(C)n4)cc3)sc2c1. The van der Waals surface area contributed by atoms with Gasteiger partial charge < -0.3 is 9.84 Å². The van der Waals surface area contributed by atoms with E-state index in [0.29, 0.717) is 23.2 Å². The molecule has 1 amide bonds. The number of aryl methyl sites for hydroxylation is 2. The van der Waals surface area contributed by atoms with Crippen LogP contribution in [0.15, 0.2) is 47.0 Å². The fourth-order valence-corrected chi connectivity index (χ4v) is 4.41. The highest BCUT2D eigenvalue weighted by atomic mass is 32.2. The predicted molar refractivity (Wildman–Crippen MR) is 114 cm³/mol. The number of hydrogen-bond donors (Lipinski definition) is 1. The van der Waals surface area contributed by atoms with Crippen LogP contribution < -0.4 is 5.32 Å². The Bertz CT molecular complexity index is 1120. The second-order valence-electron chi connectivity index (χ2n) is 6.34. The van der Waals surface area contributed by atoms with E-state index in [9.17, 15) is 4.79 Å². The Balaban J connectivity index is 1.35. The molecule has 0 aliphatic heterocycles. The summed E-state index contributed by atoms with van der Waals surface area (Å²) < 4.78 is 6.09. The van der Waals surface area contributed by atoms with Gasteiger partial charge in [0.2, 0.25) is 11.8 Å². The average Bonchev–Trinajstić information content (AvgIpc) is 3.28. The van der Waals surface area contributed by atoms with Gasteiger partial charge in [0.15, 0.2) is 5.82 Å². The molecule has 0 fully saturated rings. The third-order valence-electron chi connectivity index (χ3n) is 3.99. The van der Waals surface area contributed by atoms with Gasteiger partial charge >= 0.3 is 0 Å². The number of carbonyl (C=O) groups excluding carboxylic acids is 1.